The second kappa shape index (κ2) is 8.48. The molecule has 4 aromatic rings. The molecule has 0 heterocycles. The van der Waals surface area contributed by atoms with E-state index in [9.17, 15) is 0 Å². The van der Waals surface area contributed by atoms with Gasteiger partial charge in [0.1, 0.15) is 0 Å². The molecule has 2 aliphatic rings. The predicted octanol–water partition coefficient (Wildman–Crippen LogP) is 6.93. The average Bonchev–Trinajstić information content (AvgIpc) is 3.34. The average molecular weight is 459 g/mol. The van der Waals surface area contributed by atoms with Crippen LogP contribution < -0.4 is 0 Å². The third-order valence-corrected chi connectivity index (χ3v) is 8.04. The third kappa shape index (κ3) is 3.17. The Kier molecular flexibility index (Phi) is 5.40. The van der Waals surface area contributed by atoms with Crippen molar-refractivity contribution in [3.05, 3.63) is 118 Å². The number of hydrogen-bond acceptors (Lipinski definition) is 2. The summed E-state index contributed by atoms with van der Waals surface area (Å²) in [4.78, 5) is 4.80. The van der Waals surface area contributed by atoms with Gasteiger partial charge in [-0.25, -0.2) is 0 Å². The van der Waals surface area contributed by atoms with Crippen molar-refractivity contribution in [3.8, 4) is 22.3 Å². The van der Waals surface area contributed by atoms with E-state index in [1.54, 1.807) is 0 Å². The Hall–Kier alpha value is -3.20. The molecule has 4 aromatic carbocycles. The van der Waals surface area contributed by atoms with Crippen LogP contribution in [0.3, 0.4) is 0 Å². The van der Waals surface area contributed by atoms with E-state index in [1.165, 1.54) is 55.6 Å². The summed E-state index contributed by atoms with van der Waals surface area (Å²) in [6, 6.07) is 32.4. The Balaban J connectivity index is 1.72. The van der Waals surface area contributed by atoms with Crippen molar-refractivity contribution < 1.29 is 0 Å². The second-order valence-corrected chi connectivity index (χ2v) is 10.3. The molecule has 2 heteroatoms. The Morgan fingerprint density at radius 1 is 0.600 bits per heavy atom. The highest BCUT2D eigenvalue weighted by Crippen LogP contribution is 2.63. The van der Waals surface area contributed by atoms with Crippen molar-refractivity contribution in [3.63, 3.8) is 0 Å². The van der Waals surface area contributed by atoms with Gasteiger partial charge in [0, 0.05) is 13.1 Å². The first kappa shape index (κ1) is 22.3. The van der Waals surface area contributed by atoms with E-state index in [-0.39, 0.29) is 5.41 Å². The summed E-state index contributed by atoms with van der Waals surface area (Å²) >= 11 is 0. The molecule has 35 heavy (non-hydrogen) atoms. The van der Waals surface area contributed by atoms with E-state index >= 15 is 0 Å². The van der Waals surface area contributed by atoms with Gasteiger partial charge in [-0.3, -0.25) is 4.90 Å². The van der Waals surface area contributed by atoms with E-state index in [4.69, 9.17) is 0 Å². The van der Waals surface area contributed by atoms with Crippen LogP contribution in [0.2, 0.25) is 0 Å². The lowest BCUT2D eigenvalue weighted by Gasteiger charge is -2.33. The van der Waals surface area contributed by atoms with Crippen LogP contribution in [-0.2, 0) is 18.5 Å². The van der Waals surface area contributed by atoms with Crippen LogP contribution in [0.5, 0.6) is 0 Å². The Morgan fingerprint density at radius 2 is 1.20 bits per heavy atom. The highest BCUT2D eigenvalue weighted by molar-refractivity contribution is 5.95. The molecule has 0 fully saturated rings. The molecule has 1 atom stereocenters. The minimum absolute atomic E-state index is 0.274. The van der Waals surface area contributed by atoms with Crippen molar-refractivity contribution in [1.29, 1.82) is 0 Å². The monoisotopic (exact) mass is 458 g/mol. The number of nitrogens with zero attached hydrogens (tertiary/aromatic N) is 2. The maximum Gasteiger partial charge on any atom is 0.0728 e. The van der Waals surface area contributed by atoms with Crippen molar-refractivity contribution >= 4 is 0 Å². The summed E-state index contributed by atoms with van der Waals surface area (Å²) in [6.45, 7) is 8.56. The fourth-order valence-electron chi connectivity index (χ4n) is 6.62. The highest BCUT2D eigenvalue weighted by atomic mass is 15.1. The molecule has 0 aromatic heterocycles. The van der Waals surface area contributed by atoms with Gasteiger partial charge in [-0.15, -0.1) is 0 Å². The molecular weight excluding hydrogens is 424 g/mol. The summed E-state index contributed by atoms with van der Waals surface area (Å²) in [5, 5.41) is 0. The van der Waals surface area contributed by atoms with Crippen molar-refractivity contribution in [2.75, 3.05) is 27.2 Å². The molecule has 0 aliphatic heterocycles. The van der Waals surface area contributed by atoms with Gasteiger partial charge in [-0.05, 0) is 82.8 Å². The zero-order valence-corrected chi connectivity index (χ0v) is 21.3. The van der Waals surface area contributed by atoms with Gasteiger partial charge in [0.05, 0.1) is 5.41 Å². The number of hydrogen-bond donors (Lipinski definition) is 0. The minimum Gasteiger partial charge on any atom is -0.305 e. The first-order chi connectivity index (χ1) is 17.1. The molecule has 6 rings (SSSR count). The lowest BCUT2D eigenvalue weighted by atomic mass is 9.69. The van der Waals surface area contributed by atoms with Gasteiger partial charge in [-0.1, -0.05) is 98.8 Å². The van der Waals surface area contributed by atoms with Gasteiger partial charge in [-0.2, -0.15) is 0 Å². The predicted molar refractivity (Wildman–Crippen MR) is 147 cm³/mol. The number of benzene rings is 4. The Labute approximate surface area is 209 Å². The summed E-state index contributed by atoms with van der Waals surface area (Å²) in [7, 11) is 4.31. The van der Waals surface area contributed by atoms with Crippen molar-refractivity contribution in [2.45, 2.75) is 32.4 Å². The first-order valence-electron chi connectivity index (χ1n) is 12.9. The molecule has 0 bridgehead atoms. The largest absolute Gasteiger partial charge is 0.305 e. The Morgan fingerprint density at radius 3 is 1.86 bits per heavy atom. The summed E-state index contributed by atoms with van der Waals surface area (Å²) in [6.07, 6.45) is 0. The van der Waals surface area contributed by atoms with Crippen molar-refractivity contribution in [1.82, 2.24) is 9.80 Å². The van der Waals surface area contributed by atoms with E-state index in [0.717, 1.165) is 26.2 Å². The molecule has 2 aliphatic carbocycles. The molecule has 2 nitrogen and oxygen atoms in total. The standard InChI is InChI=1S/C33H34N2/c1-5-35(6-2)22-24-12-11-15-28-26-14-8-10-17-30(26)33(32(24)28)29-16-9-7-13-25(29)27-19-18-23(20-31(27)33)21-34(3)4/h7-20H,5-6,21-22H2,1-4H3. The topological polar surface area (TPSA) is 6.48 Å². The molecule has 0 saturated heterocycles. The normalized spacial score (nSPS) is 17.1. The van der Waals surface area contributed by atoms with E-state index in [0.29, 0.717) is 0 Å². The maximum atomic E-state index is 2.54. The molecular formula is C33H34N2. The second-order valence-electron chi connectivity index (χ2n) is 10.3. The highest BCUT2D eigenvalue weighted by Gasteiger charge is 2.52. The van der Waals surface area contributed by atoms with Gasteiger partial charge >= 0.3 is 0 Å². The SMILES string of the molecule is CCN(CC)Cc1cccc2c1C1(c3ccccc3-c3ccc(CN(C)C)cc31)c1ccccc1-2. The minimum atomic E-state index is -0.274. The third-order valence-electron chi connectivity index (χ3n) is 8.04. The molecule has 0 saturated carbocycles. The zero-order valence-electron chi connectivity index (χ0n) is 21.3. The van der Waals surface area contributed by atoms with Crippen LogP contribution in [-0.4, -0.2) is 37.0 Å². The van der Waals surface area contributed by atoms with E-state index in [2.05, 4.69) is 123 Å². The molecule has 0 radical (unpaired) electrons. The summed E-state index contributed by atoms with van der Waals surface area (Å²) in [5.41, 5.74) is 13.8. The van der Waals surface area contributed by atoms with Crippen LogP contribution in [0.1, 0.15) is 47.2 Å². The number of fused-ring (bicyclic) bond motifs is 10. The zero-order chi connectivity index (χ0) is 24.2. The van der Waals surface area contributed by atoms with Gasteiger partial charge in [0.15, 0.2) is 0 Å². The lowest BCUT2D eigenvalue weighted by molar-refractivity contribution is 0.294. The lowest BCUT2D eigenvalue weighted by Crippen LogP contribution is -2.30. The molecule has 176 valence electrons. The Bertz CT molecular complexity index is 1400. The maximum absolute atomic E-state index is 2.54. The van der Waals surface area contributed by atoms with E-state index < -0.39 is 0 Å². The quantitative estimate of drug-likeness (QED) is 0.267. The van der Waals surface area contributed by atoms with Gasteiger partial charge < -0.3 is 4.90 Å². The van der Waals surface area contributed by atoms with Gasteiger partial charge in [0.2, 0.25) is 0 Å². The molecule has 1 unspecified atom stereocenters. The van der Waals surface area contributed by atoms with E-state index in [1.807, 2.05) is 0 Å². The van der Waals surface area contributed by atoms with Crippen LogP contribution in [0.25, 0.3) is 22.3 Å². The molecule has 1 spiro atoms. The van der Waals surface area contributed by atoms with Crippen LogP contribution >= 0.6 is 0 Å². The van der Waals surface area contributed by atoms with Crippen molar-refractivity contribution in [2.24, 2.45) is 0 Å². The fraction of sp³-hybridized carbons (Fsp3) is 0.273. The van der Waals surface area contributed by atoms with Crippen LogP contribution in [0.4, 0.5) is 0 Å². The molecule has 0 N–H and O–H groups in total. The van der Waals surface area contributed by atoms with Gasteiger partial charge in [0.25, 0.3) is 0 Å². The number of rotatable bonds is 6. The summed E-state index contributed by atoms with van der Waals surface area (Å²) < 4.78 is 0. The summed E-state index contributed by atoms with van der Waals surface area (Å²) in [5.74, 6) is 0. The first-order valence-corrected chi connectivity index (χ1v) is 12.9. The fourth-order valence-corrected chi connectivity index (χ4v) is 6.62. The smallest absolute Gasteiger partial charge is 0.0728 e. The van der Waals surface area contributed by atoms with Crippen LogP contribution in [0, 0.1) is 0 Å². The van der Waals surface area contributed by atoms with Crippen LogP contribution in [0.15, 0.2) is 84.9 Å². The molecule has 0 amide bonds.